The molecule has 5 rings (SSSR count). The first kappa shape index (κ1) is 34.0. The fourth-order valence-electron chi connectivity index (χ4n) is 5.06. The van der Waals surface area contributed by atoms with Gasteiger partial charge in [-0.2, -0.15) is 0 Å². The minimum Gasteiger partial charge on any atom is -0.497 e. The number of alkyl halides is 3. The van der Waals surface area contributed by atoms with E-state index in [0.29, 0.717) is 41.5 Å². The van der Waals surface area contributed by atoms with Gasteiger partial charge >= 0.3 is 12.5 Å². The summed E-state index contributed by atoms with van der Waals surface area (Å²) < 4.78 is 59.4. The van der Waals surface area contributed by atoms with Crippen LogP contribution in [0.15, 0.2) is 72.8 Å². The molecule has 2 heterocycles. The van der Waals surface area contributed by atoms with E-state index in [9.17, 15) is 27.6 Å². The van der Waals surface area contributed by atoms with Gasteiger partial charge < -0.3 is 29.6 Å². The smallest absolute Gasteiger partial charge is 0.497 e. The van der Waals surface area contributed by atoms with Crippen LogP contribution in [0.4, 0.5) is 23.0 Å². The van der Waals surface area contributed by atoms with Gasteiger partial charge in [0.2, 0.25) is 0 Å². The van der Waals surface area contributed by atoms with Crippen LogP contribution in [0.25, 0.3) is 0 Å². The number of hydrogen-bond donors (Lipinski definition) is 2. The number of nitrogens with zero attached hydrogens (tertiary/aromatic N) is 2. The SMILES string of the molecule is COc1ccc(CNC(=O)c2nc(C3CCCN3C(=O)OCc3ccccc3)sc2NC(=O)c2ccccc2OC(F)(F)F)c(OC)c1. The zero-order valence-electron chi connectivity index (χ0n) is 25.8. The average Bonchev–Trinajstić information content (AvgIpc) is 3.74. The fraction of sp³-hybridized carbons (Fsp3) is 0.273. The third-order valence-corrected chi connectivity index (χ3v) is 8.43. The van der Waals surface area contributed by atoms with Crippen LogP contribution in [0.1, 0.15) is 55.9 Å². The Morgan fingerprint density at radius 3 is 2.44 bits per heavy atom. The van der Waals surface area contributed by atoms with Crippen LogP contribution in [-0.2, 0) is 17.9 Å². The Bertz CT molecular complexity index is 1770. The average molecular weight is 685 g/mol. The van der Waals surface area contributed by atoms with Crippen molar-refractivity contribution in [3.63, 3.8) is 0 Å². The number of methoxy groups -OCH3 is 2. The third kappa shape index (κ3) is 8.34. The first-order valence-corrected chi connectivity index (χ1v) is 15.5. The standard InChI is InChI=1S/C33H31F3N4O7S/c1-44-22-15-14-21(26(17-22)45-2)18-37-29(42)27-31(39-28(41)23-11-6-7-13-25(23)47-33(34,35)36)48-30(38-27)24-12-8-16-40(24)32(43)46-19-20-9-4-3-5-10-20/h3-7,9-11,13-15,17,24H,8,12,16,18-19H2,1-2H3,(H,37,42)(H,39,41). The number of likely N-dealkylation sites (tertiary alicyclic amines) is 1. The fourth-order valence-corrected chi connectivity index (χ4v) is 6.16. The predicted molar refractivity (Wildman–Crippen MR) is 169 cm³/mol. The Labute approximate surface area is 277 Å². The van der Waals surface area contributed by atoms with Gasteiger partial charge in [-0.15, -0.1) is 13.2 Å². The van der Waals surface area contributed by atoms with Gasteiger partial charge in [0.25, 0.3) is 11.8 Å². The second kappa shape index (κ2) is 15.1. The molecule has 1 aliphatic rings. The molecule has 2 N–H and O–H groups in total. The van der Waals surface area contributed by atoms with Crippen LogP contribution >= 0.6 is 11.3 Å². The molecule has 1 aromatic heterocycles. The summed E-state index contributed by atoms with van der Waals surface area (Å²) in [6.07, 6.45) is -4.47. The first-order chi connectivity index (χ1) is 23.1. The highest BCUT2D eigenvalue weighted by Gasteiger charge is 2.36. The third-order valence-electron chi connectivity index (χ3n) is 7.35. The Hall–Kier alpha value is -5.31. The van der Waals surface area contributed by atoms with Crippen molar-refractivity contribution >= 4 is 34.2 Å². The number of carbonyl (C=O) groups excluding carboxylic acids is 3. The molecular weight excluding hydrogens is 653 g/mol. The number of carbonyl (C=O) groups is 3. The number of amides is 3. The Balaban J connectivity index is 1.41. The second-order valence-corrected chi connectivity index (χ2v) is 11.5. The van der Waals surface area contributed by atoms with E-state index in [0.717, 1.165) is 29.0 Å². The number of rotatable bonds is 11. The number of hydrogen-bond acceptors (Lipinski definition) is 9. The van der Waals surface area contributed by atoms with Crippen molar-refractivity contribution in [3.8, 4) is 17.2 Å². The molecule has 11 nitrogen and oxygen atoms in total. The summed E-state index contributed by atoms with van der Waals surface area (Å²) in [6.45, 7) is 0.445. The zero-order valence-corrected chi connectivity index (χ0v) is 26.7. The second-order valence-electron chi connectivity index (χ2n) is 10.5. The Morgan fingerprint density at radius 2 is 1.71 bits per heavy atom. The van der Waals surface area contributed by atoms with Gasteiger partial charge in [0.1, 0.15) is 33.9 Å². The normalized spacial score (nSPS) is 14.3. The number of anilines is 1. The van der Waals surface area contributed by atoms with Gasteiger partial charge in [-0.1, -0.05) is 53.8 Å². The van der Waals surface area contributed by atoms with Gasteiger partial charge in [-0.3, -0.25) is 14.5 Å². The summed E-state index contributed by atoms with van der Waals surface area (Å²) in [5.41, 5.74) is 0.831. The molecular formula is C33H31F3N4O7S. The van der Waals surface area contributed by atoms with Gasteiger partial charge in [0.15, 0.2) is 5.69 Å². The molecule has 0 spiro atoms. The molecule has 1 unspecified atom stereocenters. The van der Waals surface area contributed by atoms with Crippen molar-refractivity contribution in [2.75, 3.05) is 26.1 Å². The van der Waals surface area contributed by atoms with E-state index >= 15 is 0 Å². The van der Waals surface area contributed by atoms with Crippen molar-refractivity contribution in [1.82, 2.24) is 15.2 Å². The van der Waals surface area contributed by atoms with Crippen molar-refractivity contribution in [3.05, 3.63) is 100 Å². The predicted octanol–water partition coefficient (Wildman–Crippen LogP) is 6.71. The van der Waals surface area contributed by atoms with Gasteiger partial charge in [-0.05, 0) is 42.7 Å². The van der Waals surface area contributed by atoms with Crippen LogP contribution in [0.3, 0.4) is 0 Å². The lowest BCUT2D eigenvalue weighted by Gasteiger charge is -2.22. The molecule has 1 aliphatic heterocycles. The monoisotopic (exact) mass is 684 g/mol. The quantitative estimate of drug-likeness (QED) is 0.178. The van der Waals surface area contributed by atoms with Crippen LogP contribution in [0.5, 0.6) is 17.2 Å². The van der Waals surface area contributed by atoms with Crippen molar-refractivity contribution < 1.29 is 46.5 Å². The molecule has 0 radical (unpaired) electrons. The Kier molecular flexibility index (Phi) is 10.7. The van der Waals surface area contributed by atoms with Crippen molar-refractivity contribution in [2.24, 2.45) is 0 Å². The number of nitrogens with one attached hydrogen (secondary N) is 2. The van der Waals surface area contributed by atoms with E-state index in [4.69, 9.17) is 14.2 Å². The minimum absolute atomic E-state index is 0.00979. The molecule has 3 amide bonds. The maximum atomic E-state index is 13.6. The topological polar surface area (TPSA) is 128 Å². The molecule has 252 valence electrons. The molecule has 3 aromatic carbocycles. The highest BCUT2D eigenvalue weighted by atomic mass is 32.1. The Morgan fingerprint density at radius 1 is 0.958 bits per heavy atom. The first-order valence-electron chi connectivity index (χ1n) is 14.7. The lowest BCUT2D eigenvalue weighted by atomic mass is 10.2. The van der Waals surface area contributed by atoms with Crippen molar-refractivity contribution in [1.29, 1.82) is 0 Å². The number of thiazole rings is 1. The molecule has 1 atom stereocenters. The molecule has 48 heavy (non-hydrogen) atoms. The molecule has 1 saturated heterocycles. The van der Waals surface area contributed by atoms with Crippen LogP contribution in [0, 0.1) is 0 Å². The molecule has 0 bridgehead atoms. The highest BCUT2D eigenvalue weighted by molar-refractivity contribution is 7.16. The van der Waals surface area contributed by atoms with E-state index in [-0.39, 0.29) is 23.8 Å². The lowest BCUT2D eigenvalue weighted by Crippen LogP contribution is -2.31. The summed E-state index contributed by atoms with van der Waals surface area (Å²) >= 11 is 0.939. The van der Waals surface area contributed by atoms with E-state index in [1.54, 1.807) is 18.2 Å². The zero-order chi connectivity index (χ0) is 34.3. The van der Waals surface area contributed by atoms with E-state index in [2.05, 4.69) is 20.4 Å². The summed E-state index contributed by atoms with van der Waals surface area (Å²) in [5.74, 6) is -1.34. The molecule has 4 aromatic rings. The number of aromatic nitrogens is 1. The number of benzene rings is 3. The molecule has 0 saturated carbocycles. The maximum Gasteiger partial charge on any atom is 0.573 e. The summed E-state index contributed by atoms with van der Waals surface area (Å²) in [4.78, 5) is 46.0. The van der Waals surface area contributed by atoms with E-state index in [1.165, 1.54) is 31.3 Å². The molecule has 1 fully saturated rings. The van der Waals surface area contributed by atoms with Crippen LogP contribution < -0.4 is 24.8 Å². The number of halogens is 3. The molecule has 15 heteroatoms. The van der Waals surface area contributed by atoms with Gasteiger partial charge in [0, 0.05) is 24.7 Å². The van der Waals surface area contributed by atoms with Crippen LogP contribution in [0.2, 0.25) is 0 Å². The highest BCUT2D eigenvalue weighted by Crippen LogP contribution is 2.39. The van der Waals surface area contributed by atoms with Crippen LogP contribution in [-0.4, -0.2) is 54.9 Å². The van der Waals surface area contributed by atoms with Crippen molar-refractivity contribution in [2.45, 2.75) is 38.4 Å². The summed E-state index contributed by atoms with van der Waals surface area (Å²) in [5, 5.41) is 5.60. The summed E-state index contributed by atoms with van der Waals surface area (Å²) in [6, 6.07) is 18.5. The lowest BCUT2D eigenvalue weighted by molar-refractivity contribution is -0.274. The largest absolute Gasteiger partial charge is 0.573 e. The van der Waals surface area contributed by atoms with Gasteiger partial charge in [-0.25, -0.2) is 9.78 Å². The summed E-state index contributed by atoms with van der Waals surface area (Å²) in [7, 11) is 2.98. The maximum absolute atomic E-state index is 13.6. The van der Waals surface area contributed by atoms with Gasteiger partial charge in [0.05, 0.1) is 25.8 Å². The van der Waals surface area contributed by atoms with E-state index < -0.39 is 41.6 Å². The molecule has 0 aliphatic carbocycles. The number of para-hydroxylation sites is 1. The van der Waals surface area contributed by atoms with E-state index in [1.807, 2.05) is 30.3 Å². The minimum atomic E-state index is -5.04. The number of ether oxygens (including phenoxy) is 4.